The molecule has 0 aliphatic rings. The van der Waals surface area contributed by atoms with Gasteiger partial charge >= 0.3 is 0 Å². The van der Waals surface area contributed by atoms with Gasteiger partial charge in [-0.3, -0.25) is 0 Å². The van der Waals surface area contributed by atoms with E-state index in [2.05, 4.69) is 10.3 Å². The van der Waals surface area contributed by atoms with Gasteiger partial charge in [0.15, 0.2) is 0 Å². The number of rotatable bonds is 5. The smallest absolute Gasteiger partial charge is 0.122 e. The first-order chi connectivity index (χ1) is 6.27. The number of hydrogen-bond donors (Lipinski definition) is 3. The Kier molecular flexibility index (Phi) is 3.88. The Hall–Kier alpha value is -0.910. The molecule has 0 saturated heterocycles. The molecule has 1 aromatic heterocycles. The van der Waals surface area contributed by atoms with Crippen molar-refractivity contribution in [2.45, 2.75) is 12.6 Å². The number of aromatic nitrogens is 2. The molecule has 0 radical (unpaired) electrons. The quantitative estimate of drug-likeness (QED) is 0.542. The summed E-state index contributed by atoms with van der Waals surface area (Å²) in [6.45, 7) is 0.414. The molecule has 0 aliphatic carbocycles. The Labute approximate surface area is 77.0 Å². The van der Waals surface area contributed by atoms with Crippen molar-refractivity contribution in [2.75, 3.05) is 13.2 Å². The van der Waals surface area contributed by atoms with Crippen LogP contribution < -0.4 is 5.32 Å². The second-order valence-corrected chi connectivity index (χ2v) is 2.90. The maximum atomic E-state index is 8.77. The van der Waals surface area contributed by atoms with Crippen LogP contribution in [0.25, 0.3) is 0 Å². The fraction of sp³-hybridized carbons (Fsp3) is 0.625. The minimum Gasteiger partial charge on any atom is -0.395 e. The summed E-state index contributed by atoms with van der Waals surface area (Å²) in [5.74, 6) is 0.881. The summed E-state index contributed by atoms with van der Waals surface area (Å²) in [5.41, 5.74) is 0. The van der Waals surface area contributed by atoms with Crippen molar-refractivity contribution in [1.29, 1.82) is 0 Å². The SMILES string of the molecule is Cn1ccnc1CNC(CO)CO. The van der Waals surface area contributed by atoms with E-state index < -0.39 is 0 Å². The molecule has 1 heterocycles. The van der Waals surface area contributed by atoms with Gasteiger partial charge in [0.25, 0.3) is 0 Å². The zero-order valence-corrected chi connectivity index (χ0v) is 7.64. The average Bonchev–Trinajstić information content (AvgIpc) is 2.54. The van der Waals surface area contributed by atoms with E-state index in [1.54, 1.807) is 6.20 Å². The molecule has 0 atom stereocenters. The Bertz CT molecular complexity index is 245. The molecule has 1 rings (SSSR count). The van der Waals surface area contributed by atoms with Crippen molar-refractivity contribution in [3.05, 3.63) is 18.2 Å². The average molecular weight is 185 g/mol. The fourth-order valence-electron chi connectivity index (χ4n) is 0.989. The largest absolute Gasteiger partial charge is 0.395 e. The van der Waals surface area contributed by atoms with Crippen molar-refractivity contribution < 1.29 is 10.2 Å². The van der Waals surface area contributed by atoms with E-state index in [4.69, 9.17) is 10.2 Å². The molecular weight excluding hydrogens is 170 g/mol. The highest BCUT2D eigenvalue weighted by Crippen LogP contribution is 1.93. The highest BCUT2D eigenvalue weighted by atomic mass is 16.3. The lowest BCUT2D eigenvalue weighted by molar-refractivity contribution is 0.169. The minimum absolute atomic E-state index is 0.0685. The van der Waals surface area contributed by atoms with Gasteiger partial charge in [0, 0.05) is 19.4 Å². The zero-order valence-electron chi connectivity index (χ0n) is 7.64. The zero-order chi connectivity index (χ0) is 9.68. The standard InChI is InChI=1S/C8H15N3O2/c1-11-3-2-9-8(11)4-10-7(5-12)6-13/h2-3,7,10,12-13H,4-6H2,1H3. The third kappa shape index (κ3) is 2.80. The molecule has 5 nitrogen and oxygen atoms in total. The Balaban J connectivity index is 2.38. The van der Waals surface area contributed by atoms with Crippen LogP contribution in [0.15, 0.2) is 12.4 Å². The van der Waals surface area contributed by atoms with E-state index >= 15 is 0 Å². The molecule has 3 N–H and O–H groups in total. The van der Waals surface area contributed by atoms with Crippen molar-refractivity contribution in [3.63, 3.8) is 0 Å². The molecule has 0 unspecified atom stereocenters. The number of nitrogens with zero attached hydrogens (tertiary/aromatic N) is 2. The highest BCUT2D eigenvalue weighted by molar-refractivity contribution is 4.90. The van der Waals surface area contributed by atoms with Crippen LogP contribution in [0.3, 0.4) is 0 Å². The van der Waals surface area contributed by atoms with Crippen LogP contribution in [-0.2, 0) is 13.6 Å². The first-order valence-electron chi connectivity index (χ1n) is 4.19. The van der Waals surface area contributed by atoms with Gasteiger partial charge in [0.05, 0.1) is 25.8 Å². The number of hydrogen-bond acceptors (Lipinski definition) is 4. The van der Waals surface area contributed by atoms with E-state index in [1.807, 2.05) is 17.8 Å². The van der Waals surface area contributed by atoms with Gasteiger partial charge in [0.1, 0.15) is 5.82 Å². The molecule has 0 fully saturated rings. The highest BCUT2D eigenvalue weighted by Gasteiger charge is 2.05. The maximum absolute atomic E-state index is 8.77. The van der Waals surface area contributed by atoms with E-state index in [9.17, 15) is 0 Å². The third-order valence-electron chi connectivity index (χ3n) is 1.91. The molecule has 1 aromatic rings. The number of nitrogens with one attached hydrogen (secondary N) is 1. The van der Waals surface area contributed by atoms with Crippen LogP contribution in [0.5, 0.6) is 0 Å². The minimum atomic E-state index is -0.267. The lowest BCUT2D eigenvalue weighted by Crippen LogP contribution is -2.35. The summed E-state index contributed by atoms with van der Waals surface area (Å²) < 4.78 is 1.89. The van der Waals surface area contributed by atoms with Gasteiger partial charge in [-0.15, -0.1) is 0 Å². The first kappa shape index (κ1) is 10.2. The van der Waals surface area contributed by atoms with E-state index in [0.29, 0.717) is 6.54 Å². The lowest BCUT2D eigenvalue weighted by Gasteiger charge is -2.12. The molecule has 0 aliphatic heterocycles. The van der Waals surface area contributed by atoms with Gasteiger partial charge < -0.3 is 20.1 Å². The van der Waals surface area contributed by atoms with Crippen molar-refractivity contribution in [3.8, 4) is 0 Å². The van der Waals surface area contributed by atoms with Crippen LogP contribution >= 0.6 is 0 Å². The maximum Gasteiger partial charge on any atom is 0.122 e. The Morgan fingerprint density at radius 1 is 1.54 bits per heavy atom. The first-order valence-corrected chi connectivity index (χ1v) is 4.19. The summed E-state index contributed by atoms with van der Waals surface area (Å²) in [4.78, 5) is 4.09. The third-order valence-corrected chi connectivity index (χ3v) is 1.91. The van der Waals surface area contributed by atoms with Crippen molar-refractivity contribution >= 4 is 0 Å². The molecule has 0 aromatic carbocycles. The predicted octanol–water partition coefficient (Wildman–Crippen LogP) is -1.14. The van der Waals surface area contributed by atoms with Crippen LogP contribution in [0.4, 0.5) is 0 Å². The molecule has 0 saturated carbocycles. The summed E-state index contributed by atoms with van der Waals surface area (Å²) in [6.07, 6.45) is 3.56. The van der Waals surface area contributed by atoms with Gasteiger partial charge in [-0.2, -0.15) is 0 Å². The molecule has 0 spiro atoms. The van der Waals surface area contributed by atoms with Gasteiger partial charge in [0.2, 0.25) is 0 Å². The molecule has 74 valence electrons. The molecule has 13 heavy (non-hydrogen) atoms. The van der Waals surface area contributed by atoms with E-state index in [-0.39, 0.29) is 19.3 Å². The van der Waals surface area contributed by atoms with Gasteiger partial charge in [-0.1, -0.05) is 0 Å². The van der Waals surface area contributed by atoms with Crippen LogP contribution in [-0.4, -0.2) is 39.0 Å². The second-order valence-electron chi connectivity index (χ2n) is 2.90. The van der Waals surface area contributed by atoms with Gasteiger partial charge in [-0.25, -0.2) is 4.98 Å². The number of aryl methyl sites for hydroxylation is 1. The van der Waals surface area contributed by atoms with Crippen molar-refractivity contribution in [1.82, 2.24) is 14.9 Å². The predicted molar refractivity (Wildman–Crippen MR) is 48.0 cm³/mol. The molecule has 0 bridgehead atoms. The van der Waals surface area contributed by atoms with Gasteiger partial charge in [-0.05, 0) is 0 Å². The van der Waals surface area contributed by atoms with Crippen LogP contribution in [0.2, 0.25) is 0 Å². The summed E-state index contributed by atoms with van der Waals surface area (Å²) in [6, 6.07) is -0.267. The normalized spacial score (nSPS) is 11.1. The number of aliphatic hydroxyl groups is 2. The summed E-state index contributed by atoms with van der Waals surface area (Å²) in [7, 11) is 1.90. The van der Waals surface area contributed by atoms with E-state index in [1.165, 1.54) is 0 Å². The summed E-state index contributed by atoms with van der Waals surface area (Å²) >= 11 is 0. The Morgan fingerprint density at radius 3 is 2.69 bits per heavy atom. The Morgan fingerprint density at radius 2 is 2.23 bits per heavy atom. The lowest BCUT2D eigenvalue weighted by atomic mass is 10.3. The fourth-order valence-corrected chi connectivity index (χ4v) is 0.989. The van der Waals surface area contributed by atoms with Crippen molar-refractivity contribution in [2.24, 2.45) is 7.05 Å². The molecule has 5 heteroatoms. The number of aliphatic hydroxyl groups excluding tert-OH is 2. The van der Waals surface area contributed by atoms with E-state index in [0.717, 1.165) is 5.82 Å². The molecule has 0 amide bonds. The second kappa shape index (κ2) is 4.96. The monoisotopic (exact) mass is 185 g/mol. The number of imidazole rings is 1. The topological polar surface area (TPSA) is 70.3 Å². The van der Waals surface area contributed by atoms with Crippen LogP contribution in [0.1, 0.15) is 5.82 Å². The summed E-state index contributed by atoms with van der Waals surface area (Å²) in [5, 5.41) is 20.5. The molecular formula is C8H15N3O2. The van der Waals surface area contributed by atoms with Crippen LogP contribution in [0, 0.1) is 0 Å².